The fourth-order valence-electron chi connectivity index (χ4n) is 6.06. The molecular formula is C43H78N6O19S. The lowest BCUT2D eigenvalue weighted by molar-refractivity contribution is -0.137. The number of carbonyl (C=O) groups excluding carboxylic acids is 5. The molecule has 2 saturated heterocycles. The van der Waals surface area contributed by atoms with E-state index in [1.807, 2.05) is 11.8 Å². The minimum Gasteiger partial charge on any atom is -0.480 e. The number of unbranched alkanes of at least 4 members (excludes halogenated alkanes) is 1. The maximum absolute atomic E-state index is 12.1. The normalized spacial score (nSPS) is 16.2. The van der Waals surface area contributed by atoms with Crippen LogP contribution in [0.1, 0.15) is 32.1 Å². The Morgan fingerprint density at radius 3 is 1.23 bits per heavy atom. The quantitative estimate of drug-likeness (QED) is 0.0253. The van der Waals surface area contributed by atoms with E-state index in [2.05, 4.69) is 31.9 Å². The molecule has 400 valence electrons. The van der Waals surface area contributed by atoms with E-state index < -0.39 is 36.8 Å². The van der Waals surface area contributed by atoms with Gasteiger partial charge in [0.2, 0.25) is 23.6 Å². The minimum absolute atomic E-state index is 0.0311. The number of amides is 6. The Kier molecular flexibility index (Phi) is 39.7. The number of hydrogen-bond donors (Lipinski definition) is 7. The van der Waals surface area contributed by atoms with Crippen molar-refractivity contribution < 1.29 is 90.7 Å². The maximum atomic E-state index is 12.1. The van der Waals surface area contributed by atoms with Crippen LogP contribution in [0.2, 0.25) is 0 Å². The van der Waals surface area contributed by atoms with Crippen molar-refractivity contribution in [1.82, 2.24) is 31.9 Å². The number of thioether (sulfide) groups is 1. The van der Waals surface area contributed by atoms with E-state index in [9.17, 15) is 28.8 Å². The monoisotopic (exact) mass is 1010 g/mol. The van der Waals surface area contributed by atoms with Crippen molar-refractivity contribution in [3.8, 4) is 0 Å². The average Bonchev–Trinajstić information content (AvgIpc) is 3.90. The fraction of sp³-hybridized carbons (Fsp3) is 0.860. The van der Waals surface area contributed by atoms with Gasteiger partial charge in [-0.1, -0.05) is 6.42 Å². The van der Waals surface area contributed by atoms with Gasteiger partial charge in [0.05, 0.1) is 184 Å². The highest BCUT2D eigenvalue weighted by Gasteiger charge is 2.42. The van der Waals surface area contributed by atoms with E-state index in [1.54, 1.807) is 0 Å². The van der Waals surface area contributed by atoms with Crippen molar-refractivity contribution >= 4 is 47.4 Å². The van der Waals surface area contributed by atoms with Gasteiger partial charge in [-0.2, -0.15) is 11.8 Å². The predicted molar refractivity (Wildman–Crippen MR) is 248 cm³/mol. The Bertz CT molecular complexity index is 1360. The van der Waals surface area contributed by atoms with Crippen LogP contribution in [0, 0.1) is 0 Å². The molecule has 2 fully saturated rings. The third kappa shape index (κ3) is 37.9. The van der Waals surface area contributed by atoms with E-state index in [0.717, 1.165) is 25.0 Å². The summed E-state index contributed by atoms with van der Waals surface area (Å²) >= 11 is 1.89. The SMILES string of the molecule is O=C(O)CNC(=O)CNC(=O)CNC(=O)CCOCCOCCOCCOCCOCCOCCOCCOCCOCCOCCOCCOCCNC(=O)CCCC[C@@H]1SC[C@@H]2NC(=O)N[C@@H]21. The molecule has 2 rings (SSSR count). The lowest BCUT2D eigenvalue weighted by Gasteiger charge is -2.16. The van der Waals surface area contributed by atoms with Gasteiger partial charge < -0.3 is 93.8 Å². The molecule has 0 radical (unpaired) electrons. The van der Waals surface area contributed by atoms with E-state index in [0.29, 0.717) is 164 Å². The van der Waals surface area contributed by atoms with Gasteiger partial charge in [-0.05, 0) is 12.8 Å². The fourth-order valence-corrected chi connectivity index (χ4v) is 7.60. The van der Waals surface area contributed by atoms with Gasteiger partial charge in [0.15, 0.2) is 0 Å². The average molecular weight is 1020 g/mol. The van der Waals surface area contributed by atoms with Gasteiger partial charge >= 0.3 is 12.0 Å². The standard InChI is InChI=1S/C43H78N6O19S/c50-37(4-2-1-3-36-42-35(34-69-36)48-43(56)49-42)44-6-8-58-10-12-60-14-16-62-18-20-64-22-24-66-26-28-68-30-29-67-27-25-65-23-21-63-19-17-61-15-13-59-11-9-57-7-5-38(51)45-31-39(52)46-32-40(53)47-33-41(54)55/h35-36,42H,1-34H2,(H,44,50)(H,45,51)(H,46,52)(H,47,53)(H,54,55)(H2,48,49,56)/t35-,36-,42-/m0/s1. The highest BCUT2D eigenvalue weighted by atomic mass is 32.2. The summed E-state index contributed by atoms with van der Waals surface area (Å²) in [4.78, 5) is 68.7. The van der Waals surface area contributed by atoms with Crippen LogP contribution in [0.5, 0.6) is 0 Å². The van der Waals surface area contributed by atoms with E-state index in [1.165, 1.54) is 0 Å². The molecule has 0 unspecified atom stereocenters. The van der Waals surface area contributed by atoms with Crippen LogP contribution in [0.25, 0.3) is 0 Å². The zero-order valence-electron chi connectivity index (χ0n) is 40.0. The van der Waals surface area contributed by atoms with Crippen molar-refractivity contribution in [2.24, 2.45) is 0 Å². The van der Waals surface area contributed by atoms with Gasteiger partial charge in [0.25, 0.3) is 0 Å². The van der Waals surface area contributed by atoms with Crippen molar-refractivity contribution in [2.45, 2.75) is 49.4 Å². The molecule has 26 heteroatoms. The van der Waals surface area contributed by atoms with E-state index >= 15 is 0 Å². The predicted octanol–water partition coefficient (Wildman–Crippen LogP) is -2.15. The van der Waals surface area contributed by atoms with E-state index in [4.69, 9.17) is 61.9 Å². The molecule has 25 nitrogen and oxygen atoms in total. The molecule has 2 aliphatic rings. The second-order valence-electron chi connectivity index (χ2n) is 15.0. The number of rotatable bonds is 50. The van der Waals surface area contributed by atoms with Crippen molar-refractivity contribution in [1.29, 1.82) is 0 Å². The van der Waals surface area contributed by atoms with Crippen LogP contribution in [0.3, 0.4) is 0 Å². The second kappa shape index (κ2) is 44.4. The zero-order valence-corrected chi connectivity index (χ0v) is 40.8. The van der Waals surface area contributed by atoms with Crippen LogP contribution in [0.15, 0.2) is 0 Å². The number of fused-ring (bicyclic) bond motifs is 1. The number of carboxylic acid groups (broad SMARTS) is 1. The Hall–Kier alpha value is -3.51. The summed E-state index contributed by atoms with van der Waals surface area (Å²) in [5.41, 5.74) is 0. The lowest BCUT2D eigenvalue weighted by atomic mass is 10.0. The van der Waals surface area contributed by atoms with Crippen LogP contribution in [0.4, 0.5) is 4.79 Å². The highest BCUT2D eigenvalue weighted by molar-refractivity contribution is 8.00. The van der Waals surface area contributed by atoms with Crippen LogP contribution >= 0.6 is 11.8 Å². The lowest BCUT2D eigenvalue weighted by Crippen LogP contribution is -2.43. The maximum Gasteiger partial charge on any atom is 0.322 e. The smallest absolute Gasteiger partial charge is 0.322 e. The van der Waals surface area contributed by atoms with Crippen molar-refractivity contribution in [3.05, 3.63) is 0 Å². The minimum atomic E-state index is -1.20. The number of carbonyl (C=O) groups is 6. The first kappa shape index (κ1) is 61.6. The summed E-state index contributed by atoms with van der Waals surface area (Å²) in [5.74, 6) is -1.87. The molecule has 0 aliphatic carbocycles. The Morgan fingerprint density at radius 1 is 0.449 bits per heavy atom. The molecule has 0 spiro atoms. The number of nitrogens with one attached hydrogen (secondary N) is 6. The van der Waals surface area contributed by atoms with Gasteiger partial charge in [0, 0.05) is 30.4 Å². The Labute approximate surface area is 409 Å². The molecule has 2 aliphatic heterocycles. The Morgan fingerprint density at radius 2 is 0.812 bits per heavy atom. The van der Waals surface area contributed by atoms with E-state index in [-0.39, 0.29) is 50.2 Å². The summed E-state index contributed by atoms with van der Waals surface area (Å²) in [7, 11) is 0. The summed E-state index contributed by atoms with van der Waals surface area (Å²) in [6, 6.07) is 0.376. The number of urea groups is 1. The van der Waals surface area contributed by atoms with Crippen LogP contribution in [-0.4, -0.2) is 249 Å². The molecule has 0 aromatic carbocycles. The third-order valence-corrected chi connectivity index (χ3v) is 11.1. The largest absolute Gasteiger partial charge is 0.480 e. The third-order valence-electron chi connectivity index (χ3n) is 9.54. The second-order valence-corrected chi connectivity index (χ2v) is 16.3. The molecule has 0 aromatic rings. The first-order valence-electron chi connectivity index (χ1n) is 23.6. The summed E-state index contributed by atoms with van der Waals surface area (Å²) < 4.78 is 65.6. The number of carboxylic acids is 1. The molecule has 69 heavy (non-hydrogen) atoms. The molecule has 0 aromatic heterocycles. The first-order chi connectivity index (χ1) is 33.7. The van der Waals surface area contributed by atoms with Crippen molar-refractivity contribution in [2.75, 3.05) is 190 Å². The molecule has 0 saturated carbocycles. The molecule has 7 N–H and O–H groups in total. The number of ether oxygens (including phenoxy) is 12. The topological polar surface area (TPSA) is 306 Å². The van der Waals surface area contributed by atoms with Crippen molar-refractivity contribution in [3.63, 3.8) is 0 Å². The highest BCUT2D eigenvalue weighted by Crippen LogP contribution is 2.33. The van der Waals surface area contributed by atoms with Gasteiger partial charge in [0.1, 0.15) is 6.54 Å². The Balaban J connectivity index is 1.14. The molecule has 3 atom stereocenters. The molecule has 0 bridgehead atoms. The first-order valence-corrected chi connectivity index (χ1v) is 24.7. The summed E-state index contributed by atoms with van der Waals surface area (Å²) in [6.07, 6.45) is 3.33. The molecular weight excluding hydrogens is 937 g/mol. The van der Waals surface area contributed by atoms with Gasteiger partial charge in [-0.3, -0.25) is 24.0 Å². The molecule has 2 heterocycles. The molecule has 6 amide bonds. The van der Waals surface area contributed by atoms with Crippen LogP contribution in [-0.2, 0) is 80.8 Å². The zero-order chi connectivity index (χ0) is 49.7. The number of hydrogen-bond acceptors (Lipinski definition) is 19. The summed E-state index contributed by atoms with van der Waals surface area (Å²) in [6.45, 7) is 9.27. The summed E-state index contributed by atoms with van der Waals surface area (Å²) in [5, 5.41) is 24.5. The van der Waals surface area contributed by atoms with Gasteiger partial charge in [-0.15, -0.1) is 0 Å². The van der Waals surface area contributed by atoms with Gasteiger partial charge in [-0.25, -0.2) is 4.79 Å². The number of aliphatic carboxylic acids is 1. The van der Waals surface area contributed by atoms with Crippen LogP contribution < -0.4 is 31.9 Å².